The minimum Gasteiger partial charge on any atom is -0.383 e. The molecule has 3 aromatic rings. The van der Waals surface area contributed by atoms with Crippen molar-refractivity contribution in [3.8, 4) is 16.9 Å². The average molecular weight is 349 g/mol. The van der Waals surface area contributed by atoms with Gasteiger partial charge in [0, 0.05) is 25.4 Å². The lowest BCUT2D eigenvalue weighted by molar-refractivity contribution is 0.0937. The van der Waals surface area contributed by atoms with E-state index >= 15 is 0 Å². The van der Waals surface area contributed by atoms with Crippen LogP contribution in [0.4, 0.5) is 0 Å². The largest absolute Gasteiger partial charge is 0.383 e. The topological polar surface area (TPSA) is 56.1 Å². The van der Waals surface area contributed by atoms with Crippen molar-refractivity contribution in [2.24, 2.45) is 0 Å². The van der Waals surface area contributed by atoms with Crippen molar-refractivity contribution in [3.05, 3.63) is 71.4 Å². The Bertz CT molecular complexity index is 901. The number of carbonyl (C=O) groups is 1. The van der Waals surface area contributed by atoms with E-state index in [-0.39, 0.29) is 5.91 Å². The number of aromatic nitrogens is 2. The van der Waals surface area contributed by atoms with Gasteiger partial charge in [-0.05, 0) is 31.5 Å². The van der Waals surface area contributed by atoms with Gasteiger partial charge in [0.1, 0.15) is 5.69 Å². The fourth-order valence-corrected chi connectivity index (χ4v) is 2.89. The number of carbonyl (C=O) groups excluding carboxylic acids is 1. The fourth-order valence-electron chi connectivity index (χ4n) is 2.89. The SMILES string of the molecule is COCCNC(=O)c1cn(-c2ccccc2)nc1-c1ccc(C)cc1C. The molecule has 0 aliphatic heterocycles. The van der Waals surface area contributed by atoms with Crippen LogP contribution in [0, 0.1) is 13.8 Å². The number of amides is 1. The molecule has 0 unspecified atom stereocenters. The summed E-state index contributed by atoms with van der Waals surface area (Å²) in [5.41, 5.74) is 5.38. The van der Waals surface area contributed by atoms with E-state index in [1.54, 1.807) is 18.0 Å². The van der Waals surface area contributed by atoms with Crippen LogP contribution in [0.3, 0.4) is 0 Å². The number of nitrogens with zero attached hydrogens (tertiary/aromatic N) is 2. The smallest absolute Gasteiger partial charge is 0.255 e. The van der Waals surface area contributed by atoms with E-state index in [0.717, 1.165) is 16.8 Å². The van der Waals surface area contributed by atoms with E-state index in [1.165, 1.54) is 5.56 Å². The predicted molar refractivity (Wildman–Crippen MR) is 103 cm³/mol. The zero-order valence-corrected chi connectivity index (χ0v) is 15.3. The highest BCUT2D eigenvalue weighted by atomic mass is 16.5. The molecule has 0 aliphatic rings. The number of para-hydroxylation sites is 1. The maximum Gasteiger partial charge on any atom is 0.255 e. The molecule has 26 heavy (non-hydrogen) atoms. The maximum absolute atomic E-state index is 12.7. The summed E-state index contributed by atoms with van der Waals surface area (Å²) in [6.45, 7) is 5.02. The molecule has 0 bridgehead atoms. The van der Waals surface area contributed by atoms with Gasteiger partial charge in [0.25, 0.3) is 5.91 Å². The lowest BCUT2D eigenvalue weighted by atomic mass is 10.0. The van der Waals surface area contributed by atoms with Gasteiger partial charge in [0.15, 0.2) is 0 Å². The zero-order chi connectivity index (χ0) is 18.5. The monoisotopic (exact) mass is 349 g/mol. The Hall–Kier alpha value is -2.92. The van der Waals surface area contributed by atoms with E-state index in [4.69, 9.17) is 9.84 Å². The van der Waals surface area contributed by atoms with Crippen molar-refractivity contribution in [3.63, 3.8) is 0 Å². The fraction of sp³-hybridized carbons (Fsp3) is 0.238. The lowest BCUT2D eigenvalue weighted by Crippen LogP contribution is -2.27. The number of methoxy groups -OCH3 is 1. The molecule has 0 radical (unpaired) electrons. The molecule has 1 heterocycles. The highest BCUT2D eigenvalue weighted by Crippen LogP contribution is 2.27. The Kier molecular flexibility index (Phi) is 5.49. The van der Waals surface area contributed by atoms with Crippen LogP contribution in [-0.4, -0.2) is 35.9 Å². The predicted octanol–water partition coefficient (Wildman–Crippen LogP) is 3.53. The van der Waals surface area contributed by atoms with Gasteiger partial charge in [-0.2, -0.15) is 5.10 Å². The first-order chi connectivity index (χ1) is 12.6. The van der Waals surface area contributed by atoms with Crippen molar-refractivity contribution in [1.82, 2.24) is 15.1 Å². The van der Waals surface area contributed by atoms with Crippen LogP contribution in [0.2, 0.25) is 0 Å². The molecule has 1 amide bonds. The third-order valence-corrected chi connectivity index (χ3v) is 4.21. The summed E-state index contributed by atoms with van der Waals surface area (Å²) in [5.74, 6) is -0.154. The second kappa shape index (κ2) is 7.97. The standard InChI is InChI=1S/C21H23N3O2/c1-15-9-10-18(16(2)13-15)20-19(21(25)22-11-12-26-3)14-24(23-20)17-7-5-4-6-8-17/h4-10,13-14H,11-12H2,1-3H3,(H,22,25). The van der Waals surface area contributed by atoms with Crippen LogP contribution >= 0.6 is 0 Å². The first-order valence-corrected chi connectivity index (χ1v) is 8.60. The number of hydrogen-bond acceptors (Lipinski definition) is 3. The van der Waals surface area contributed by atoms with Crippen molar-refractivity contribution < 1.29 is 9.53 Å². The number of hydrogen-bond donors (Lipinski definition) is 1. The Morgan fingerprint density at radius 1 is 1.15 bits per heavy atom. The highest BCUT2D eigenvalue weighted by Gasteiger charge is 2.19. The van der Waals surface area contributed by atoms with Crippen LogP contribution in [0.15, 0.2) is 54.7 Å². The molecule has 1 aromatic heterocycles. The first kappa shape index (κ1) is 17.9. The van der Waals surface area contributed by atoms with Gasteiger partial charge < -0.3 is 10.1 Å². The van der Waals surface area contributed by atoms with E-state index in [1.807, 2.05) is 49.4 Å². The second-order valence-corrected chi connectivity index (χ2v) is 6.24. The van der Waals surface area contributed by atoms with Crippen LogP contribution in [0.5, 0.6) is 0 Å². The van der Waals surface area contributed by atoms with Crippen molar-refractivity contribution in [2.75, 3.05) is 20.3 Å². The van der Waals surface area contributed by atoms with E-state index in [2.05, 4.69) is 18.3 Å². The summed E-state index contributed by atoms with van der Waals surface area (Å²) >= 11 is 0. The van der Waals surface area contributed by atoms with Gasteiger partial charge in [-0.15, -0.1) is 0 Å². The molecule has 5 heteroatoms. The van der Waals surface area contributed by atoms with E-state index in [0.29, 0.717) is 24.4 Å². The van der Waals surface area contributed by atoms with Gasteiger partial charge in [-0.3, -0.25) is 4.79 Å². The average Bonchev–Trinajstić information content (AvgIpc) is 3.08. The summed E-state index contributed by atoms with van der Waals surface area (Å²) in [6.07, 6.45) is 1.78. The van der Waals surface area contributed by atoms with E-state index < -0.39 is 0 Å². The molecular formula is C21H23N3O2. The second-order valence-electron chi connectivity index (χ2n) is 6.24. The van der Waals surface area contributed by atoms with Gasteiger partial charge in [-0.25, -0.2) is 4.68 Å². The Morgan fingerprint density at radius 3 is 2.62 bits per heavy atom. The molecule has 0 saturated heterocycles. The van der Waals surface area contributed by atoms with Gasteiger partial charge in [-0.1, -0.05) is 42.0 Å². The molecule has 3 rings (SSSR count). The highest BCUT2D eigenvalue weighted by molar-refractivity contribution is 6.00. The van der Waals surface area contributed by atoms with Crippen LogP contribution in [0.1, 0.15) is 21.5 Å². The summed E-state index contributed by atoms with van der Waals surface area (Å²) in [7, 11) is 1.61. The number of ether oxygens (including phenoxy) is 1. The van der Waals surface area contributed by atoms with Gasteiger partial charge >= 0.3 is 0 Å². The molecular weight excluding hydrogens is 326 g/mol. The third kappa shape index (κ3) is 3.83. The summed E-state index contributed by atoms with van der Waals surface area (Å²) < 4.78 is 6.76. The van der Waals surface area contributed by atoms with Crippen molar-refractivity contribution in [2.45, 2.75) is 13.8 Å². The van der Waals surface area contributed by atoms with Gasteiger partial charge in [0.05, 0.1) is 17.9 Å². The quantitative estimate of drug-likeness (QED) is 0.693. The maximum atomic E-state index is 12.7. The third-order valence-electron chi connectivity index (χ3n) is 4.21. The number of nitrogens with one attached hydrogen (secondary N) is 1. The summed E-state index contributed by atoms with van der Waals surface area (Å²) in [5, 5.41) is 7.60. The Labute approximate surface area is 153 Å². The minimum absolute atomic E-state index is 0.154. The molecule has 0 atom stereocenters. The molecule has 0 fully saturated rings. The summed E-state index contributed by atoms with van der Waals surface area (Å²) in [4.78, 5) is 12.7. The first-order valence-electron chi connectivity index (χ1n) is 8.60. The Balaban J connectivity index is 2.05. The van der Waals surface area contributed by atoms with Crippen LogP contribution < -0.4 is 5.32 Å². The number of aryl methyl sites for hydroxylation is 2. The van der Waals surface area contributed by atoms with Crippen molar-refractivity contribution in [1.29, 1.82) is 0 Å². The zero-order valence-electron chi connectivity index (χ0n) is 15.3. The van der Waals surface area contributed by atoms with E-state index in [9.17, 15) is 4.79 Å². The molecule has 0 saturated carbocycles. The van der Waals surface area contributed by atoms with Crippen LogP contribution in [0.25, 0.3) is 16.9 Å². The number of rotatable bonds is 6. The Morgan fingerprint density at radius 2 is 1.92 bits per heavy atom. The molecule has 0 spiro atoms. The van der Waals surface area contributed by atoms with Crippen molar-refractivity contribution >= 4 is 5.91 Å². The molecule has 0 aliphatic carbocycles. The molecule has 1 N–H and O–H groups in total. The molecule has 134 valence electrons. The lowest BCUT2D eigenvalue weighted by Gasteiger charge is -2.07. The van der Waals surface area contributed by atoms with Crippen LogP contribution in [-0.2, 0) is 4.74 Å². The molecule has 5 nitrogen and oxygen atoms in total. The number of benzene rings is 2. The normalized spacial score (nSPS) is 10.7. The van der Waals surface area contributed by atoms with Gasteiger partial charge in [0.2, 0.25) is 0 Å². The minimum atomic E-state index is -0.154. The summed E-state index contributed by atoms with van der Waals surface area (Å²) in [6, 6.07) is 15.9. The molecule has 2 aromatic carbocycles.